The summed E-state index contributed by atoms with van der Waals surface area (Å²) in [4.78, 5) is 0. The average Bonchev–Trinajstić information content (AvgIpc) is 2.05. The van der Waals surface area contributed by atoms with Gasteiger partial charge in [0.05, 0.1) is 6.67 Å². The van der Waals surface area contributed by atoms with Crippen molar-refractivity contribution >= 4 is 22.6 Å². The standard InChI is InChI=1S/C8H14FI/c9-5-7-2-1-3-8(4-7)6-10/h7-8H,1-6H2. The molecule has 0 aromatic rings. The summed E-state index contributed by atoms with van der Waals surface area (Å²) < 4.78 is 13.4. The fraction of sp³-hybridized carbons (Fsp3) is 1.00. The quantitative estimate of drug-likeness (QED) is 0.525. The van der Waals surface area contributed by atoms with E-state index in [1.54, 1.807) is 0 Å². The molecule has 1 aliphatic carbocycles. The third-order valence-corrected chi connectivity index (χ3v) is 3.57. The fourth-order valence-electron chi connectivity index (χ4n) is 1.68. The van der Waals surface area contributed by atoms with Crippen LogP contribution in [0.15, 0.2) is 0 Å². The van der Waals surface area contributed by atoms with Gasteiger partial charge in [0, 0.05) is 4.43 Å². The van der Waals surface area contributed by atoms with E-state index in [4.69, 9.17) is 0 Å². The zero-order chi connectivity index (χ0) is 7.40. The highest BCUT2D eigenvalue weighted by Gasteiger charge is 2.20. The van der Waals surface area contributed by atoms with Crippen LogP contribution in [0.4, 0.5) is 4.39 Å². The van der Waals surface area contributed by atoms with Crippen molar-refractivity contribution in [2.75, 3.05) is 11.1 Å². The second kappa shape index (κ2) is 4.52. The van der Waals surface area contributed by atoms with Gasteiger partial charge in [0.15, 0.2) is 0 Å². The fourth-order valence-corrected chi connectivity index (χ4v) is 2.48. The molecule has 60 valence electrons. The molecule has 0 nitrogen and oxygen atoms in total. The predicted molar refractivity (Wildman–Crippen MR) is 50.3 cm³/mol. The largest absolute Gasteiger partial charge is 0.251 e. The average molecular weight is 256 g/mol. The monoisotopic (exact) mass is 256 g/mol. The van der Waals surface area contributed by atoms with Gasteiger partial charge in [-0.25, -0.2) is 0 Å². The highest BCUT2D eigenvalue weighted by Crippen LogP contribution is 2.30. The Morgan fingerprint density at radius 1 is 1.30 bits per heavy atom. The zero-order valence-corrected chi connectivity index (χ0v) is 8.31. The van der Waals surface area contributed by atoms with E-state index >= 15 is 0 Å². The summed E-state index contributed by atoms with van der Waals surface area (Å²) in [5.74, 6) is 1.21. The molecular formula is C8H14FI. The van der Waals surface area contributed by atoms with Crippen molar-refractivity contribution in [2.45, 2.75) is 25.7 Å². The third kappa shape index (κ3) is 2.36. The van der Waals surface area contributed by atoms with Gasteiger partial charge in [0.2, 0.25) is 0 Å². The maximum absolute atomic E-state index is 12.2. The summed E-state index contributed by atoms with van der Waals surface area (Å²) in [5.41, 5.74) is 0. The Hall–Kier alpha value is 0.660. The molecule has 0 amide bonds. The Bertz CT molecular complexity index is 85.3. The Morgan fingerprint density at radius 3 is 2.60 bits per heavy atom. The lowest BCUT2D eigenvalue weighted by atomic mass is 9.83. The maximum atomic E-state index is 12.2. The Labute approximate surface area is 75.7 Å². The van der Waals surface area contributed by atoms with Crippen molar-refractivity contribution < 1.29 is 4.39 Å². The molecule has 0 heterocycles. The molecule has 2 heteroatoms. The van der Waals surface area contributed by atoms with E-state index in [-0.39, 0.29) is 6.67 Å². The summed E-state index contributed by atoms with van der Waals surface area (Å²) in [7, 11) is 0. The van der Waals surface area contributed by atoms with Crippen molar-refractivity contribution in [3.63, 3.8) is 0 Å². The number of hydrogen-bond acceptors (Lipinski definition) is 0. The van der Waals surface area contributed by atoms with E-state index < -0.39 is 0 Å². The van der Waals surface area contributed by atoms with Gasteiger partial charge in [0.25, 0.3) is 0 Å². The van der Waals surface area contributed by atoms with Crippen LogP contribution in [0, 0.1) is 11.8 Å². The first kappa shape index (κ1) is 8.75. The van der Waals surface area contributed by atoms with Gasteiger partial charge in [-0.05, 0) is 31.1 Å². The third-order valence-electron chi connectivity index (χ3n) is 2.33. The van der Waals surface area contributed by atoms with Crippen LogP contribution in [0.3, 0.4) is 0 Å². The lowest BCUT2D eigenvalue weighted by Crippen LogP contribution is -2.17. The van der Waals surface area contributed by atoms with Crippen molar-refractivity contribution in [3.05, 3.63) is 0 Å². The highest BCUT2D eigenvalue weighted by atomic mass is 127. The molecule has 0 aromatic carbocycles. The lowest BCUT2D eigenvalue weighted by Gasteiger charge is -2.25. The van der Waals surface area contributed by atoms with Crippen LogP contribution in [0.1, 0.15) is 25.7 Å². The molecule has 0 aliphatic heterocycles. The molecule has 0 saturated heterocycles. The van der Waals surface area contributed by atoms with Gasteiger partial charge in [-0.1, -0.05) is 29.0 Å². The van der Waals surface area contributed by atoms with E-state index in [0.717, 1.165) is 18.8 Å². The molecule has 2 unspecified atom stereocenters. The minimum absolute atomic E-state index is 0.0901. The number of rotatable bonds is 2. The molecule has 0 bridgehead atoms. The van der Waals surface area contributed by atoms with Crippen LogP contribution in [0.2, 0.25) is 0 Å². The molecule has 0 spiro atoms. The Balaban J connectivity index is 2.25. The molecule has 10 heavy (non-hydrogen) atoms. The van der Waals surface area contributed by atoms with E-state index in [2.05, 4.69) is 22.6 Å². The number of hydrogen-bond donors (Lipinski definition) is 0. The lowest BCUT2D eigenvalue weighted by molar-refractivity contribution is 0.238. The topological polar surface area (TPSA) is 0 Å². The van der Waals surface area contributed by atoms with Gasteiger partial charge in [0.1, 0.15) is 0 Å². The first-order valence-electron chi connectivity index (χ1n) is 3.98. The van der Waals surface area contributed by atoms with Gasteiger partial charge in [-0.2, -0.15) is 0 Å². The van der Waals surface area contributed by atoms with Crippen molar-refractivity contribution in [1.82, 2.24) is 0 Å². The van der Waals surface area contributed by atoms with Crippen LogP contribution < -0.4 is 0 Å². The molecule has 1 aliphatic rings. The predicted octanol–water partition coefficient (Wildman–Crippen LogP) is 3.20. The minimum Gasteiger partial charge on any atom is -0.251 e. The normalized spacial score (nSPS) is 34.2. The van der Waals surface area contributed by atoms with Crippen molar-refractivity contribution in [3.8, 4) is 0 Å². The number of halogens is 2. The van der Waals surface area contributed by atoms with Crippen LogP contribution in [0.25, 0.3) is 0 Å². The number of alkyl halides is 2. The van der Waals surface area contributed by atoms with Crippen molar-refractivity contribution in [1.29, 1.82) is 0 Å². The van der Waals surface area contributed by atoms with Crippen LogP contribution in [0.5, 0.6) is 0 Å². The molecule has 1 fully saturated rings. The highest BCUT2D eigenvalue weighted by molar-refractivity contribution is 14.1. The first-order valence-corrected chi connectivity index (χ1v) is 5.51. The van der Waals surface area contributed by atoms with Crippen LogP contribution >= 0.6 is 22.6 Å². The van der Waals surface area contributed by atoms with E-state index in [0.29, 0.717) is 5.92 Å². The summed E-state index contributed by atoms with van der Waals surface area (Å²) in [5, 5.41) is 0. The van der Waals surface area contributed by atoms with Gasteiger partial charge >= 0.3 is 0 Å². The van der Waals surface area contributed by atoms with Gasteiger partial charge in [-0.15, -0.1) is 0 Å². The van der Waals surface area contributed by atoms with Crippen LogP contribution in [-0.2, 0) is 0 Å². The summed E-state index contributed by atoms with van der Waals surface area (Å²) in [6.45, 7) is -0.0901. The second-order valence-electron chi connectivity index (χ2n) is 3.21. The maximum Gasteiger partial charge on any atom is 0.0922 e. The molecule has 0 aromatic heterocycles. The van der Waals surface area contributed by atoms with Gasteiger partial charge in [-0.3, -0.25) is 4.39 Å². The second-order valence-corrected chi connectivity index (χ2v) is 4.09. The minimum atomic E-state index is -0.0901. The van der Waals surface area contributed by atoms with E-state index in [1.807, 2.05) is 0 Å². The summed E-state index contributed by atoms with van der Waals surface area (Å²) in [6.07, 6.45) is 4.85. The smallest absolute Gasteiger partial charge is 0.0922 e. The van der Waals surface area contributed by atoms with E-state index in [9.17, 15) is 4.39 Å². The van der Waals surface area contributed by atoms with Crippen LogP contribution in [-0.4, -0.2) is 11.1 Å². The molecule has 1 saturated carbocycles. The Morgan fingerprint density at radius 2 is 2.00 bits per heavy atom. The zero-order valence-electron chi connectivity index (χ0n) is 6.15. The SMILES string of the molecule is FCC1CCCC(CI)C1. The molecule has 2 atom stereocenters. The molecule has 1 rings (SSSR count). The molecule has 0 radical (unpaired) electrons. The van der Waals surface area contributed by atoms with E-state index in [1.165, 1.54) is 17.3 Å². The Kier molecular flexibility index (Phi) is 3.96. The summed E-state index contributed by atoms with van der Waals surface area (Å²) >= 11 is 2.41. The summed E-state index contributed by atoms with van der Waals surface area (Å²) in [6, 6.07) is 0. The molecule has 0 N–H and O–H groups in total. The van der Waals surface area contributed by atoms with Gasteiger partial charge < -0.3 is 0 Å². The molecular weight excluding hydrogens is 242 g/mol. The van der Waals surface area contributed by atoms with Crippen molar-refractivity contribution in [2.24, 2.45) is 11.8 Å². The first-order chi connectivity index (χ1) is 4.86.